The number of likely N-dealkylation sites (tertiary alicyclic amines) is 1. The number of benzene rings is 3. The van der Waals surface area contributed by atoms with E-state index in [9.17, 15) is 13.2 Å². The topological polar surface area (TPSA) is 78.5 Å². The molecular weight excluding hydrogens is 470 g/mol. The lowest BCUT2D eigenvalue weighted by atomic mass is 10.1. The maximum absolute atomic E-state index is 12.6. The van der Waals surface area contributed by atoms with Crippen molar-refractivity contribution in [3.63, 3.8) is 0 Å². The zero-order valence-corrected chi connectivity index (χ0v) is 20.4. The van der Waals surface area contributed by atoms with E-state index in [1.807, 2.05) is 12.1 Å². The van der Waals surface area contributed by atoms with E-state index in [1.165, 1.54) is 55.2 Å². The SMILES string of the molecule is O=C(NCc1ccc(CN2CCCCC2)cc1)c1ccc(NS(=O)(=O)c2ccccc2)cc1Cl. The summed E-state index contributed by atoms with van der Waals surface area (Å²) in [6.45, 7) is 3.65. The molecule has 1 amide bonds. The number of nitrogens with zero attached hydrogens (tertiary/aromatic N) is 1. The van der Waals surface area contributed by atoms with Gasteiger partial charge in [-0.1, -0.05) is 60.5 Å². The molecule has 0 saturated carbocycles. The molecule has 3 aromatic rings. The van der Waals surface area contributed by atoms with Crippen LogP contribution in [0.3, 0.4) is 0 Å². The number of hydrogen-bond donors (Lipinski definition) is 2. The Morgan fingerprint density at radius 3 is 2.24 bits per heavy atom. The summed E-state index contributed by atoms with van der Waals surface area (Å²) in [6, 6.07) is 20.8. The number of piperidine rings is 1. The van der Waals surface area contributed by atoms with Crippen LogP contribution in [0.15, 0.2) is 77.7 Å². The molecule has 0 unspecified atom stereocenters. The first-order valence-corrected chi connectivity index (χ1v) is 13.2. The van der Waals surface area contributed by atoms with E-state index in [-0.39, 0.29) is 27.1 Å². The molecule has 1 aliphatic heterocycles. The van der Waals surface area contributed by atoms with E-state index in [2.05, 4.69) is 27.1 Å². The molecule has 0 spiro atoms. The highest BCUT2D eigenvalue weighted by atomic mass is 35.5. The van der Waals surface area contributed by atoms with Crippen LogP contribution in [0.5, 0.6) is 0 Å². The Morgan fingerprint density at radius 1 is 0.882 bits per heavy atom. The van der Waals surface area contributed by atoms with Gasteiger partial charge in [0.25, 0.3) is 15.9 Å². The molecular formula is C26H28ClN3O3S. The maximum atomic E-state index is 12.6. The predicted molar refractivity (Wildman–Crippen MR) is 135 cm³/mol. The first kappa shape index (κ1) is 24.3. The van der Waals surface area contributed by atoms with Crippen molar-refractivity contribution >= 4 is 33.2 Å². The molecule has 0 bridgehead atoms. The molecule has 1 aliphatic rings. The van der Waals surface area contributed by atoms with E-state index < -0.39 is 10.0 Å². The Kier molecular flexibility index (Phi) is 7.88. The smallest absolute Gasteiger partial charge is 0.261 e. The van der Waals surface area contributed by atoms with Gasteiger partial charge in [0.2, 0.25) is 0 Å². The second kappa shape index (κ2) is 11.0. The molecule has 2 N–H and O–H groups in total. The average molecular weight is 498 g/mol. The van der Waals surface area contributed by atoms with E-state index in [1.54, 1.807) is 18.2 Å². The van der Waals surface area contributed by atoms with E-state index in [4.69, 9.17) is 11.6 Å². The van der Waals surface area contributed by atoms with Crippen molar-refractivity contribution in [2.45, 2.75) is 37.2 Å². The van der Waals surface area contributed by atoms with Crippen molar-refractivity contribution in [2.24, 2.45) is 0 Å². The Bertz CT molecular complexity index is 1230. The summed E-state index contributed by atoms with van der Waals surface area (Å²) in [7, 11) is -3.73. The minimum Gasteiger partial charge on any atom is -0.348 e. The summed E-state index contributed by atoms with van der Waals surface area (Å²) in [5.41, 5.74) is 2.84. The highest BCUT2D eigenvalue weighted by Gasteiger charge is 2.16. The Hall–Kier alpha value is -2.87. The molecule has 1 saturated heterocycles. The van der Waals surface area contributed by atoms with Gasteiger partial charge < -0.3 is 5.32 Å². The lowest BCUT2D eigenvalue weighted by Gasteiger charge is -2.26. The maximum Gasteiger partial charge on any atom is 0.261 e. The first-order valence-electron chi connectivity index (χ1n) is 11.4. The third-order valence-corrected chi connectivity index (χ3v) is 7.56. The van der Waals surface area contributed by atoms with Gasteiger partial charge in [-0.05, 0) is 67.4 Å². The van der Waals surface area contributed by atoms with Crippen LogP contribution in [0.25, 0.3) is 0 Å². The number of hydrogen-bond acceptors (Lipinski definition) is 4. The van der Waals surface area contributed by atoms with Gasteiger partial charge in [0.1, 0.15) is 0 Å². The number of carbonyl (C=O) groups excluding carboxylic acids is 1. The monoisotopic (exact) mass is 497 g/mol. The molecule has 0 aliphatic carbocycles. The average Bonchev–Trinajstić information content (AvgIpc) is 2.84. The summed E-state index contributed by atoms with van der Waals surface area (Å²) in [6.07, 6.45) is 3.87. The minimum absolute atomic E-state index is 0.148. The molecule has 1 heterocycles. The summed E-state index contributed by atoms with van der Waals surface area (Å²) in [5.74, 6) is -0.320. The van der Waals surface area contributed by atoms with Gasteiger partial charge in [0.05, 0.1) is 21.2 Å². The van der Waals surface area contributed by atoms with Crippen LogP contribution in [0.4, 0.5) is 5.69 Å². The van der Waals surface area contributed by atoms with Gasteiger partial charge in [-0.15, -0.1) is 0 Å². The first-order chi connectivity index (χ1) is 16.4. The molecule has 8 heteroatoms. The van der Waals surface area contributed by atoms with Crippen LogP contribution >= 0.6 is 11.6 Å². The fraction of sp³-hybridized carbons (Fsp3) is 0.269. The number of rotatable bonds is 8. The zero-order valence-electron chi connectivity index (χ0n) is 18.8. The van der Waals surface area contributed by atoms with Gasteiger partial charge in [-0.2, -0.15) is 0 Å². The van der Waals surface area contributed by atoms with E-state index in [0.29, 0.717) is 6.54 Å². The highest BCUT2D eigenvalue weighted by molar-refractivity contribution is 7.92. The van der Waals surface area contributed by atoms with E-state index in [0.717, 1.165) is 25.2 Å². The number of anilines is 1. The fourth-order valence-electron chi connectivity index (χ4n) is 3.99. The van der Waals surface area contributed by atoms with Gasteiger partial charge in [-0.25, -0.2) is 8.42 Å². The molecule has 0 radical (unpaired) electrons. The Balaban J connectivity index is 1.33. The van der Waals surface area contributed by atoms with Crippen LogP contribution in [0, 0.1) is 0 Å². The molecule has 4 rings (SSSR count). The van der Waals surface area contributed by atoms with Crippen molar-refractivity contribution in [1.82, 2.24) is 10.2 Å². The second-order valence-corrected chi connectivity index (χ2v) is 10.5. The van der Waals surface area contributed by atoms with Crippen LogP contribution in [0.2, 0.25) is 5.02 Å². The van der Waals surface area contributed by atoms with Crippen molar-refractivity contribution in [3.8, 4) is 0 Å². The molecule has 34 heavy (non-hydrogen) atoms. The van der Waals surface area contributed by atoms with E-state index >= 15 is 0 Å². The highest BCUT2D eigenvalue weighted by Crippen LogP contribution is 2.23. The van der Waals surface area contributed by atoms with Gasteiger partial charge >= 0.3 is 0 Å². The summed E-state index contributed by atoms with van der Waals surface area (Å²) >= 11 is 6.29. The zero-order chi connectivity index (χ0) is 24.0. The lowest BCUT2D eigenvalue weighted by Crippen LogP contribution is -2.29. The van der Waals surface area contributed by atoms with Gasteiger partial charge in [0, 0.05) is 13.1 Å². The normalized spacial score (nSPS) is 14.5. The predicted octanol–water partition coefficient (Wildman–Crippen LogP) is 5.06. The quantitative estimate of drug-likeness (QED) is 0.456. The van der Waals surface area contributed by atoms with Gasteiger partial charge in [-0.3, -0.25) is 14.4 Å². The molecule has 1 fully saturated rings. The molecule has 178 valence electrons. The molecule has 0 atom stereocenters. The third kappa shape index (κ3) is 6.38. The van der Waals surface area contributed by atoms with Crippen molar-refractivity contribution in [3.05, 3.63) is 94.5 Å². The number of nitrogens with one attached hydrogen (secondary N) is 2. The Labute approximate surface area is 206 Å². The fourth-order valence-corrected chi connectivity index (χ4v) is 5.33. The van der Waals surface area contributed by atoms with Gasteiger partial charge in [0.15, 0.2) is 0 Å². The Morgan fingerprint density at radius 2 is 1.56 bits per heavy atom. The lowest BCUT2D eigenvalue weighted by molar-refractivity contribution is 0.0951. The number of amides is 1. The standard InChI is InChI=1S/C26H28ClN3O3S/c27-25-17-22(29-34(32,33)23-7-3-1-4-8-23)13-14-24(25)26(31)28-18-20-9-11-21(12-10-20)19-30-15-5-2-6-16-30/h1,3-4,7-14,17,29H,2,5-6,15-16,18-19H2,(H,28,31). The van der Waals surface area contributed by atoms with Crippen molar-refractivity contribution in [1.29, 1.82) is 0 Å². The van der Waals surface area contributed by atoms with Crippen LogP contribution < -0.4 is 10.0 Å². The summed E-state index contributed by atoms with van der Waals surface area (Å²) in [5, 5.41) is 3.05. The summed E-state index contributed by atoms with van der Waals surface area (Å²) in [4.78, 5) is 15.3. The number of carbonyl (C=O) groups is 1. The van der Waals surface area contributed by atoms with Crippen LogP contribution in [-0.4, -0.2) is 32.3 Å². The van der Waals surface area contributed by atoms with Crippen molar-refractivity contribution < 1.29 is 13.2 Å². The molecule has 6 nitrogen and oxygen atoms in total. The number of sulfonamides is 1. The third-order valence-electron chi connectivity index (χ3n) is 5.85. The second-order valence-electron chi connectivity index (χ2n) is 8.45. The molecule has 3 aromatic carbocycles. The van der Waals surface area contributed by atoms with Crippen LogP contribution in [-0.2, 0) is 23.1 Å². The largest absolute Gasteiger partial charge is 0.348 e. The molecule has 0 aromatic heterocycles. The summed E-state index contributed by atoms with van der Waals surface area (Å²) < 4.78 is 27.5. The number of halogens is 1. The minimum atomic E-state index is -3.73. The van der Waals surface area contributed by atoms with Crippen molar-refractivity contribution in [2.75, 3.05) is 17.8 Å². The van der Waals surface area contributed by atoms with Crippen LogP contribution in [0.1, 0.15) is 40.7 Å².